The van der Waals surface area contributed by atoms with Crippen molar-refractivity contribution in [3.63, 3.8) is 0 Å². The molecule has 1 radical (unpaired) electrons. The Morgan fingerprint density at radius 2 is 1.75 bits per heavy atom. The van der Waals surface area contributed by atoms with E-state index >= 15 is 0 Å². The highest BCUT2D eigenvalue weighted by atomic mass is 14.5. The van der Waals surface area contributed by atoms with E-state index in [1.54, 1.807) is 0 Å². The van der Waals surface area contributed by atoms with Crippen LogP contribution in [0.3, 0.4) is 0 Å². The fourth-order valence-corrected chi connectivity index (χ4v) is 4.93. The van der Waals surface area contributed by atoms with Gasteiger partial charge in [-0.15, -0.1) is 0 Å². The predicted molar refractivity (Wildman–Crippen MR) is 71.2 cm³/mol. The fraction of sp³-hybridized carbons (Fsp3) is 0.938. The van der Waals surface area contributed by atoms with Crippen molar-refractivity contribution in [2.24, 2.45) is 17.3 Å². The van der Waals surface area contributed by atoms with Crippen molar-refractivity contribution < 1.29 is 0 Å². The van der Waals surface area contributed by atoms with E-state index in [4.69, 9.17) is 0 Å². The van der Waals surface area contributed by atoms with Crippen LogP contribution in [0.1, 0.15) is 78.6 Å². The van der Waals surface area contributed by atoms with E-state index in [1.165, 1.54) is 57.8 Å². The van der Waals surface area contributed by atoms with Crippen LogP contribution in [0.5, 0.6) is 0 Å². The summed E-state index contributed by atoms with van der Waals surface area (Å²) in [6.45, 7) is 7.37. The van der Waals surface area contributed by atoms with E-state index in [9.17, 15) is 0 Å². The first kappa shape index (κ1) is 12.5. The molecule has 0 heterocycles. The molecule has 2 rings (SSSR count). The summed E-state index contributed by atoms with van der Waals surface area (Å²) in [5.41, 5.74) is 0.648. The Hall–Kier alpha value is 0. The van der Waals surface area contributed by atoms with Gasteiger partial charge in [0.25, 0.3) is 0 Å². The van der Waals surface area contributed by atoms with Gasteiger partial charge in [0.05, 0.1) is 0 Å². The standard InChI is InChI=1S/C16H29/c1-4-14-12-11-13(3)16(14,5-2)15-9-7-6-8-10-15/h13,15H,4-12H2,1-3H3. The summed E-state index contributed by atoms with van der Waals surface area (Å²) in [4.78, 5) is 0. The van der Waals surface area contributed by atoms with Crippen molar-refractivity contribution in [2.75, 3.05) is 0 Å². The van der Waals surface area contributed by atoms with Crippen LogP contribution in [0, 0.1) is 23.2 Å². The van der Waals surface area contributed by atoms with E-state index in [0.717, 1.165) is 11.8 Å². The molecule has 0 spiro atoms. The Labute approximate surface area is 102 Å². The fourth-order valence-electron chi connectivity index (χ4n) is 4.93. The minimum absolute atomic E-state index is 0.648. The summed E-state index contributed by atoms with van der Waals surface area (Å²) >= 11 is 0. The molecule has 0 amide bonds. The molecule has 0 nitrogen and oxygen atoms in total. The summed E-state index contributed by atoms with van der Waals surface area (Å²) in [5, 5.41) is 0. The van der Waals surface area contributed by atoms with Gasteiger partial charge in [-0.25, -0.2) is 0 Å². The van der Waals surface area contributed by atoms with Crippen molar-refractivity contribution >= 4 is 0 Å². The van der Waals surface area contributed by atoms with Gasteiger partial charge in [-0.1, -0.05) is 40.0 Å². The normalized spacial score (nSPS) is 38.1. The van der Waals surface area contributed by atoms with Crippen molar-refractivity contribution in [3.05, 3.63) is 5.92 Å². The van der Waals surface area contributed by atoms with E-state index in [-0.39, 0.29) is 0 Å². The maximum absolute atomic E-state index is 2.53. The van der Waals surface area contributed by atoms with Crippen LogP contribution in [0.15, 0.2) is 0 Å². The van der Waals surface area contributed by atoms with E-state index in [2.05, 4.69) is 20.8 Å². The molecule has 0 bridgehead atoms. The predicted octanol–water partition coefficient (Wildman–Crippen LogP) is 5.38. The third kappa shape index (κ3) is 1.83. The van der Waals surface area contributed by atoms with Crippen LogP contribution in [0.25, 0.3) is 0 Å². The lowest BCUT2D eigenvalue weighted by Crippen LogP contribution is -2.38. The molecule has 0 heteroatoms. The van der Waals surface area contributed by atoms with E-state index in [0.29, 0.717) is 5.41 Å². The third-order valence-electron chi connectivity index (χ3n) is 5.76. The molecule has 93 valence electrons. The van der Waals surface area contributed by atoms with Gasteiger partial charge in [0, 0.05) is 0 Å². The molecular weight excluding hydrogens is 192 g/mol. The molecule has 0 N–H and O–H groups in total. The summed E-state index contributed by atoms with van der Waals surface area (Å²) in [6, 6.07) is 0. The first-order chi connectivity index (χ1) is 7.75. The summed E-state index contributed by atoms with van der Waals surface area (Å²) in [6.07, 6.45) is 13.2. The Bertz CT molecular complexity index is 214. The van der Waals surface area contributed by atoms with Gasteiger partial charge in [-0.3, -0.25) is 0 Å². The second kappa shape index (κ2) is 5.10. The molecule has 16 heavy (non-hydrogen) atoms. The first-order valence-electron chi connectivity index (χ1n) is 7.60. The van der Waals surface area contributed by atoms with Crippen molar-refractivity contribution in [1.29, 1.82) is 0 Å². The van der Waals surface area contributed by atoms with Gasteiger partial charge in [0.15, 0.2) is 0 Å². The molecule has 2 unspecified atom stereocenters. The zero-order chi connectivity index (χ0) is 11.6. The van der Waals surface area contributed by atoms with Crippen molar-refractivity contribution in [3.8, 4) is 0 Å². The number of rotatable bonds is 3. The lowest BCUT2D eigenvalue weighted by molar-refractivity contribution is 0.0851. The van der Waals surface area contributed by atoms with Gasteiger partial charge >= 0.3 is 0 Å². The smallest absolute Gasteiger partial charge is 0.0176 e. The summed E-state index contributed by atoms with van der Waals surface area (Å²) < 4.78 is 0. The molecule has 2 aliphatic carbocycles. The SMILES string of the molecule is CC[C]1CCC(C)C1(CC)C1CCCCC1. The lowest BCUT2D eigenvalue weighted by Gasteiger charge is -2.46. The lowest BCUT2D eigenvalue weighted by atomic mass is 9.58. The van der Waals surface area contributed by atoms with Gasteiger partial charge in [0.2, 0.25) is 0 Å². The van der Waals surface area contributed by atoms with Crippen LogP contribution < -0.4 is 0 Å². The monoisotopic (exact) mass is 221 g/mol. The zero-order valence-corrected chi connectivity index (χ0v) is 11.5. The highest BCUT2D eigenvalue weighted by molar-refractivity contribution is 5.15. The summed E-state index contributed by atoms with van der Waals surface area (Å²) in [7, 11) is 0. The van der Waals surface area contributed by atoms with Gasteiger partial charge in [0.1, 0.15) is 0 Å². The topological polar surface area (TPSA) is 0 Å². The maximum atomic E-state index is 2.53. The van der Waals surface area contributed by atoms with Crippen LogP contribution in [0.4, 0.5) is 0 Å². The van der Waals surface area contributed by atoms with Crippen molar-refractivity contribution in [1.82, 2.24) is 0 Å². The molecule has 0 aromatic carbocycles. The van der Waals surface area contributed by atoms with Gasteiger partial charge in [-0.05, 0) is 61.7 Å². The summed E-state index contributed by atoms with van der Waals surface area (Å²) in [5.74, 6) is 3.91. The zero-order valence-electron chi connectivity index (χ0n) is 11.5. The van der Waals surface area contributed by atoms with Crippen molar-refractivity contribution in [2.45, 2.75) is 78.6 Å². The Balaban J connectivity index is 2.20. The van der Waals surface area contributed by atoms with E-state index in [1.807, 2.05) is 5.92 Å². The Kier molecular flexibility index (Phi) is 3.97. The van der Waals surface area contributed by atoms with Crippen LogP contribution in [0.2, 0.25) is 0 Å². The molecule has 0 aromatic heterocycles. The maximum Gasteiger partial charge on any atom is -0.0176 e. The number of hydrogen-bond donors (Lipinski definition) is 0. The molecular formula is C16H29. The largest absolute Gasteiger partial charge is 0.0648 e. The van der Waals surface area contributed by atoms with Gasteiger partial charge in [-0.2, -0.15) is 0 Å². The molecule has 2 atom stereocenters. The quantitative estimate of drug-likeness (QED) is 0.600. The highest BCUT2D eigenvalue weighted by Crippen LogP contribution is 2.60. The highest BCUT2D eigenvalue weighted by Gasteiger charge is 2.50. The minimum Gasteiger partial charge on any atom is -0.0648 e. The second-order valence-electron chi connectivity index (χ2n) is 6.13. The van der Waals surface area contributed by atoms with Crippen LogP contribution >= 0.6 is 0 Å². The average molecular weight is 221 g/mol. The molecule has 0 aromatic rings. The minimum atomic E-state index is 0.648. The van der Waals surface area contributed by atoms with Crippen LogP contribution in [-0.2, 0) is 0 Å². The van der Waals surface area contributed by atoms with Gasteiger partial charge < -0.3 is 0 Å². The molecule has 2 aliphatic rings. The van der Waals surface area contributed by atoms with E-state index < -0.39 is 0 Å². The molecule has 2 fully saturated rings. The Morgan fingerprint density at radius 1 is 1.06 bits per heavy atom. The third-order valence-corrected chi connectivity index (χ3v) is 5.76. The second-order valence-corrected chi connectivity index (χ2v) is 6.13. The number of hydrogen-bond acceptors (Lipinski definition) is 0. The Morgan fingerprint density at radius 3 is 2.31 bits per heavy atom. The molecule has 0 aliphatic heterocycles. The molecule has 2 saturated carbocycles. The molecule has 0 saturated heterocycles. The first-order valence-corrected chi connectivity index (χ1v) is 7.60. The average Bonchev–Trinajstić information content (AvgIpc) is 2.67. The van der Waals surface area contributed by atoms with Crippen LogP contribution in [-0.4, -0.2) is 0 Å².